The van der Waals surface area contributed by atoms with Gasteiger partial charge in [-0.05, 0) is 45.4 Å². The summed E-state index contributed by atoms with van der Waals surface area (Å²) in [6.45, 7) is 6.86. The maximum atomic E-state index is 12.5. The first-order chi connectivity index (χ1) is 15.0. The van der Waals surface area contributed by atoms with Gasteiger partial charge in [0.05, 0.1) is 12.2 Å². The molecule has 0 aromatic carbocycles. The van der Waals surface area contributed by atoms with Crippen molar-refractivity contribution >= 4 is 35.1 Å². The van der Waals surface area contributed by atoms with Crippen LogP contribution in [-0.2, 0) is 13.6 Å². The average Bonchev–Trinajstić information content (AvgIpc) is 3.41. The van der Waals surface area contributed by atoms with Crippen LogP contribution in [0.2, 0.25) is 5.15 Å². The Morgan fingerprint density at radius 2 is 2.13 bits per heavy atom. The highest BCUT2D eigenvalue weighted by molar-refractivity contribution is 6.32. The average molecular weight is 445 g/mol. The molecular formula is C21H29ClN8O. The summed E-state index contributed by atoms with van der Waals surface area (Å²) in [5, 5.41) is 13.4. The highest BCUT2D eigenvalue weighted by Gasteiger charge is 2.26. The van der Waals surface area contributed by atoms with Crippen LogP contribution in [0.5, 0.6) is 0 Å². The van der Waals surface area contributed by atoms with Gasteiger partial charge in [-0.15, -0.1) is 0 Å². The Kier molecular flexibility index (Phi) is 8.02. The lowest BCUT2D eigenvalue weighted by Crippen LogP contribution is -2.38. The lowest BCUT2D eigenvalue weighted by molar-refractivity contribution is 0.221. The van der Waals surface area contributed by atoms with Gasteiger partial charge in [0.2, 0.25) is 5.95 Å². The third-order valence-electron chi connectivity index (χ3n) is 4.71. The summed E-state index contributed by atoms with van der Waals surface area (Å²) < 4.78 is 1.59. The van der Waals surface area contributed by atoms with E-state index in [1.54, 1.807) is 29.0 Å². The number of nitrogens with zero attached hydrogens (tertiary/aromatic N) is 5. The van der Waals surface area contributed by atoms with Crippen LogP contribution in [0.3, 0.4) is 0 Å². The molecule has 31 heavy (non-hydrogen) atoms. The SMILES string of the molecule is C/C=C\C(=C/CC)N1Cc2cnc(Nc3cn(C)nc3Cl)nc2NC1=O.C1CCNC1. The molecule has 3 N–H and O–H groups in total. The largest absolute Gasteiger partial charge is 0.327 e. The van der Waals surface area contributed by atoms with Crippen molar-refractivity contribution in [2.45, 2.75) is 39.7 Å². The molecule has 0 bridgehead atoms. The fourth-order valence-electron chi connectivity index (χ4n) is 3.25. The van der Waals surface area contributed by atoms with Gasteiger partial charge in [0.25, 0.3) is 0 Å². The molecular weight excluding hydrogens is 416 g/mol. The second kappa shape index (κ2) is 10.9. The molecule has 2 aliphatic rings. The number of carbonyl (C=O) groups is 1. The summed E-state index contributed by atoms with van der Waals surface area (Å²) in [6, 6.07) is -0.223. The minimum absolute atomic E-state index is 0.223. The van der Waals surface area contributed by atoms with E-state index in [0.29, 0.717) is 29.2 Å². The molecule has 0 aliphatic carbocycles. The lowest BCUT2D eigenvalue weighted by Gasteiger charge is -2.29. The van der Waals surface area contributed by atoms with Crippen molar-refractivity contribution in [2.75, 3.05) is 23.7 Å². The molecule has 9 nitrogen and oxygen atoms in total. The van der Waals surface area contributed by atoms with Crippen LogP contribution in [0.15, 0.2) is 36.3 Å². The van der Waals surface area contributed by atoms with Crippen molar-refractivity contribution in [2.24, 2.45) is 7.05 Å². The van der Waals surface area contributed by atoms with Crippen molar-refractivity contribution in [3.05, 3.63) is 47.0 Å². The van der Waals surface area contributed by atoms with Crippen LogP contribution in [0.4, 0.5) is 22.2 Å². The normalized spacial score (nSPS) is 16.1. The summed E-state index contributed by atoms with van der Waals surface area (Å²) in [5.74, 6) is 0.824. The number of aryl methyl sites for hydroxylation is 1. The van der Waals surface area contributed by atoms with Gasteiger partial charge in [0.15, 0.2) is 5.15 Å². The Morgan fingerprint density at radius 3 is 2.71 bits per heavy atom. The van der Waals surface area contributed by atoms with Crippen LogP contribution in [-0.4, -0.2) is 43.8 Å². The zero-order chi connectivity index (χ0) is 22.2. The Balaban J connectivity index is 0.000000478. The number of fused-ring (bicyclic) bond motifs is 1. The van der Waals surface area contributed by atoms with E-state index in [1.165, 1.54) is 25.9 Å². The summed E-state index contributed by atoms with van der Waals surface area (Å²) in [4.78, 5) is 22.9. The highest BCUT2D eigenvalue weighted by Crippen LogP contribution is 2.27. The minimum atomic E-state index is -0.223. The number of urea groups is 1. The second-order valence-electron chi connectivity index (χ2n) is 7.21. The number of hydrogen-bond donors (Lipinski definition) is 3. The van der Waals surface area contributed by atoms with Gasteiger partial charge < -0.3 is 10.6 Å². The third kappa shape index (κ3) is 6.05. The number of carbonyl (C=O) groups excluding carboxylic acids is 1. The van der Waals surface area contributed by atoms with Crippen LogP contribution in [0.25, 0.3) is 0 Å². The van der Waals surface area contributed by atoms with E-state index in [1.807, 2.05) is 32.1 Å². The fraction of sp³-hybridized carbons (Fsp3) is 0.429. The summed E-state index contributed by atoms with van der Waals surface area (Å²) in [6.07, 6.45) is 12.9. The number of nitrogens with one attached hydrogen (secondary N) is 3. The Hall–Kier alpha value is -2.91. The van der Waals surface area contributed by atoms with E-state index in [4.69, 9.17) is 11.6 Å². The number of hydrogen-bond acceptors (Lipinski definition) is 6. The molecule has 2 aliphatic heterocycles. The molecule has 2 amide bonds. The maximum absolute atomic E-state index is 12.5. The first-order valence-corrected chi connectivity index (χ1v) is 10.8. The number of amides is 2. The second-order valence-corrected chi connectivity index (χ2v) is 7.57. The molecule has 1 saturated heterocycles. The van der Waals surface area contributed by atoms with Gasteiger partial charge in [-0.1, -0.05) is 30.7 Å². The first kappa shape index (κ1) is 22.8. The Labute approximate surface area is 187 Å². The zero-order valence-electron chi connectivity index (χ0n) is 18.2. The van der Waals surface area contributed by atoms with Crippen LogP contribution in [0, 0.1) is 0 Å². The van der Waals surface area contributed by atoms with Crippen molar-refractivity contribution in [1.82, 2.24) is 30.0 Å². The van der Waals surface area contributed by atoms with Gasteiger partial charge in [-0.2, -0.15) is 10.1 Å². The third-order valence-corrected chi connectivity index (χ3v) is 4.99. The van der Waals surface area contributed by atoms with E-state index >= 15 is 0 Å². The molecule has 0 unspecified atom stereocenters. The number of halogens is 1. The van der Waals surface area contributed by atoms with Crippen LogP contribution < -0.4 is 16.0 Å². The van der Waals surface area contributed by atoms with E-state index in [9.17, 15) is 4.79 Å². The molecule has 0 saturated carbocycles. The van der Waals surface area contributed by atoms with Crippen LogP contribution in [0.1, 0.15) is 38.7 Å². The smallest absolute Gasteiger partial charge is 0.320 e. The molecule has 0 spiro atoms. The van der Waals surface area contributed by atoms with Gasteiger partial charge in [0, 0.05) is 30.7 Å². The zero-order valence-corrected chi connectivity index (χ0v) is 18.9. The quantitative estimate of drug-likeness (QED) is 0.598. The molecule has 2 aromatic rings. The lowest BCUT2D eigenvalue weighted by atomic mass is 10.2. The molecule has 4 heterocycles. The fourth-order valence-corrected chi connectivity index (χ4v) is 3.46. The van der Waals surface area contributed by atoms with Gasteiger partial charge in [-0.25, -0.2) is 9.78 Å². The van der Waals surface area contributed by atoms with Crippen LogP contribution >= 0.6 is 11.6 Å². The first-order valence-electron chi connectivity index (χ1n) is 10.5. The van der Waals surface area contributed by atoms with E-state index in [0.717, 1.165) is 17.7 Å². The molecule has 10 heteroatoms. The summed E-state index contributed by atoms with van der Waals surface area (Å²) >= 11 is 6.04. The van der Waals surface area contributed by atoms with Crippen molar-refractivity contribution in [1.29, 1.82) is 0 Å². The molecule has 0 atom stereocenters. The predicted octanol–water partition coefficient (Wildman–Crippen LogP) is 4.19. The van der Waals surface area contributed by atoms with Gasteiger partial charge in [-0.3, -0.25) is 14.9 Å². The number of rotatable bonds is 5. The predicted molar refractivity (Wildman–Crippen MR) is 123 cm³/mol. The number of anilines is 3. The van der Waals surface area contributed by atoms with E-state index in [2.05, 4.69) is 31.0 Å². The van der Waals surface area contributed by atoms with Crippen molar-refractivity contribution in [3.8, 4) is 0 Å². The Bertz CT molecular complexity index is 957. The minimum Gasteiger partial charge on any atom is -0.320 e. The molecule has 0 radical (unpaired) electrons. The molecule has 4 rings (SSSR count). The van der Waals surface area contributed by atoms with E-state index in [-0.39, 0.29) is 6.03 Å². The van der Waals surface area contributed by atoms with E-state index < -0.39 is 0 Å². The van der Waals surface area contributed by atoms with Crippen molar-refractivity contribution in [3.63, 3.8) is 0 Å². The monoisotopic (exact) mass is 444 g/mol. The topological polar surface area (TPSA) is 100 Å². The molecule has 1 fully saturated rings. The Morgan fingerprint density at radius 1 is 1.35 bits per heavy atom. The summed E-state index contributed by atoms with van der Waals surface area (Å²) in [7, 11) is 1.77. The highest BCUT2D eigenvalue weighted by atomic mass is 35.5. The molecule has 166 valence electrons. The van der Waals surface area contributed by atoms with Gasteiger partial charge in [0.1, 0.15) is 5.82 Å². The standard InChI is InChI=1S/C17H20ClN7O.C4H9N/c1-4-6-12(7-5-2)25-9-11-8-19-16(21-15(11)22-17(25)26)20-13-10-24(3)23-14(13)18;1-2-4-5-3-1/h4,6-8,10H,5,9H2,1-3H3,(H2,19,20,21,22,26);5H,1-4H2/b6-4-,12-7+;. The number of allylic oxidation sites excluding steroid dienone is 3. The maximum Gasteiger partial charge on any atom is 0.327 e. The summed E-state index contributed by atoms with van der Waals surface area (Å²) in [5.41, 5.74) is 2.28. The van der Waals surface area contributed by atoms with Gasteiger partial charge >= 0.3 is 6.03 Å². The number of aromatic nitrogens is 4. The molecule has 2 aromatic heterocycles. The van der Waals surface area contributed by atoms with Crippen molar-refractivity contribution < 1.29 is 4.79 Å².